The van der Waals surface area contributed by atoms with Crippen LogP contribution in [0.3, 0.4) is 0 Å². The van der Waals surface area contributed by atoms with E-state index in [1.807, 2.05) is 6.07 Å². The van der Waals surface area contributed by atoms with Gasteiger partial charge in [-0.2, -0.15) is 4.98 Å². The summed E-state index contributed by atoms with van der Waals surface area (Å²) in [5.41, 5.74) is 2.63. The van der Waals surface area contributed by atoms with Gasteiger partial charge in [-0.25, -0.2) is 4.79 Å². The van der Waals surface area contributed by atoms with Gasteiger partial charge in [0.05, 0.1) is 23.9 Å². The fraction of sp³-hybridized carbons (Fsp3) is 0.333. The Morgan fingerprint density at radius 1 is 1.11 bits per heavy atom. The zero-order valence-electron chi connectivity index (χ0n) is 20.3. The van der Waals surface area contributed by atoms with E-state index >= 15 is 0 Å². The minimum atomic E-state index is -0.499. The van der Waals surface area contributed by atoms with E-state index in [0.717, 1.165) is 5.56 Å². The summed E-state index contributed by atoms with van der Waals surface area (Å²) in [6.45, 7) is 4.77. The molecule has 2 heterocycles. The highest BCUT2D eigenvalue weighted by atomic mass is 16.5. The number of likely N-dealkylation sites (tertiary alicyclic amines) is 1. The van der Waals surface area contributed by atoms with Crippen molar-refractivity contribution in [3.05, 3.63) is 64.6 Å². The molecule has 0 bridgehead atoms. The number of piperidine rings is 1. The van der Waals surface area contributed by atoms with Gasteiger partial charge in [0.2, 0.25) is 0 Å². The number of hydrogen-bond donors (Lipinski definition) is 2. The highest BCUT2D eigenvalue weighted by molar-refractivity contribution is 5.79. The number of benzene rings is 2. The van der Waals surface area contributed by atoms with E-state index in [9.17, 15) is 19.5 Å². The number of aromatic hydroxyl groups is 1. The van der Waals surface area contributed by atoms with E-state index < -0.39 is 5.69 Å². The molecule has 1 fully saturated rings. The summed E-state index contributed by atoms with van der Waals surface area (Å²) < 4.78 is 10.8. The van der Waals surface area contributed by atoms with Crippen LogP contribution in [0, 0.1) is 12.8 Å². The van der Waals surface area contributed by atoms with Gasteiger partial charge in [0.25, 0.3) is 5.91 Å². The summed E-state index contributed by atoms with van der Waals surface area (Å²) in [5, 5.41) is 9.79. The Labute approximate surface area is 208 Å². The number of esters is 1. The number of hydrogen-bond acceptors (Lipinski definition) is 7. The quantitative estimate of drug-likeness (QED) is 0.486. The molecule has 9 nitrogen and oxygen atoms in total. The number of ether oxygens (including phenoxy) is 2. The Morgan fingerprint density at radius 3 is 2.61 bits per heavy atom. The number of carbonyl (C=O) groups excluding carboxylic acids is 2. The number of aryl methyl sites for hydroxylation is 1. The van der Waals surface area contributed by atoms with Crippen molar-refractivity contribution >= 4 is 11.9 Å². The molecule has 2 N–H and O–H groups in total. The van der Waals surface area contributed by atoms with E-state index in [0.29, 0.717) is 60.8 Å². The monoisotopic (exact) mass is 491 g/mol. The molecule has 0 unspecified atom stereocenters. The predicted molar refractivity (Wildman–Crippen MR) is 134 cm³/mol. The molecule has 1 aliphatic rings. The first-order valence-corrected chi connectivity index (χ1v) is 11.9. The van der Waals surface area contributed by atoms with Gasteiger partial charge in [0.15, 0.2) is 6.61 Å². The molecular weight excluding hydrogens is 462 g/mol. The van der Waals surface area contributed by atoms with Gasteiger partial charge in [-0.1, -0.05) is 12.1 Å². The lowest BCUT2D eigenvalue weighted by Crippen LogP contribution is -2.42. The highest BCUT2D eigenvalue weighted by Gasteiger charge is 2.28. The molecule has 0 spiro atoms. The fourth-order valence-electron chi connectivity index (χ4n) is 4.19. The van der Waals surface area contributed by atoms with Crippen molar-refractivity contribution in [3.8, 4) is 34.0 Å². The maximum absolute atomic E-state index is 12.6. The zero-order valence-corrected chi connectivity index (χ0v) is 20.3. The van der Waals surface area contributed by atoms with Crippen LogP contribution in [0.2, 0.25) is 0 Å². The first-order valence-electron chi connectivity index (χ1n) is 11.9. The largest absolute Gasteiger partial charge is 0.508 e. The smallest absolute Gasteiger partial charge is 0.345 e. The van der Waals surface area contributed by atoms with Gasteiger partial charge < -0.3 is 24.5 Å². The number of nitrogens with one attached hydrogen (secondary N) is 1. The molecule has 0 radical (unpaired) electrons. The summed E-state index contributed by atoms with van der Waals surface area (Å²) in [4.78, 5) is 45.3. The van der Waals surface area contributed by atoms with E-state index in [1.165, 1.54) is 0 Å². The molecule has 188 valence electrons. The Bertz CT molecular complexity index is 1310. The van der Waals surface area contributed by atoms with Crippen LogP contribution in [-0.4, -0.2) is 58.2 Å². The van der Waals surface area contributed by atoms with Crippen molar-refractivity contribution in [1.82, 2.24) is 14.9 Å². The Morgan fingerprint density at radius 2 is 1.89 bits per heavy atom. The number of aromatic amines is 1. The Balaban J connectivity index is 1.42. The Hall–Kier alpha value is -4.14. The first kappa shape index (κ1) is 25.0. The average Bonchev–Trinajstić information content (AvgIpc) is 2.89. The second-order valence-corrected chi connectivity index (χ2v) is 8.71. The third kappa shape index (κ3) is 5.91. The van der Waals surface area contributed by atoms with Crippen LogP contribution in [0.1, 0.15) is 25.3 Å². The molecule has 1 aliphatic heterocycles. The molecule has 36 heavy (non-hydrogen) atoms. The van der Waals surface area contributed by atoms with Gasteiger partial charge in [-0.15, -0.1) is 0 Å². The molecule has 1 saturated heterocycles. The molecule has 0 atom stereocenters. The van der Waals surface area contributed by atoms with Crippen LogP contribution in [0.25, 0.3) is 22.5 Å². The standard InChI is InChI=1S/C27H29N3O6/c1-3-35-26(33)18-9-11-30(12-10-18)25(32)16-36-21-6-4-5-19(14-21)22-15-23(29-27(34)28-22)20-7-8-24(31)17(2)13-20/h4-8,13-15,18,31H,3,9-12,16H2,1-2H3,(H,28,29,34). The Kier molecular flexibility index (Phi) is 7.68. The lowest BCUT2D eigenvalue weighted by molar-refractivity contribution is -0.151. The van der Waals surface area contributed by atoms with Crippen LogP contribution >= 0.6 is 0 Å². The van der Waals surface area contributed by atoms with E-state index in [4.69, 9.17) is 9.47 Å². The third-order valence-corrected chi connectivity index (χ3v) is 6.21. The molecule has 9 heteroatoms. The molecule has 1 amide bonds. The highest BCUT2D eigenvalue weighted by Crippen LogP contribution is 2.27. The summed E-state index contributed by atoms with van der Waals surface area (Å²) in [7, 11) is 0. The molecule has 3 aromatic rings. The molecule has 2 aromatic carbocycles. The summed E-state index contributed by atoms with van der Waals surface area (Å²) in [6, 6.07) is 13.9. The van der Waals surface area contributed by atoms with Crippen molar-refractivity contribution in [3.63, 3.8) is 0 Å². The van der Waals surface area contributed by atoms with Gasteiger partial charge >= 0.3 is 11.7 Å². The molecule has 0 aliphatic carbocycles. The average molecular weight is 492 g/mol. The maximum Gasteiger partial charge on any atom is 0.345 e. The minimum Gasteiger partial charge on any atom is -0.508 e. The second kappa shape index (κ2) is 11.1. The van der Waals surface area contributed by atoms with Crippen LogP contribution in [0.5, 0.6) is 11.5 Å². The second-order valence-electron chi connectivity index (χ2n) is 8.71. The molecule has 0 saturated carbocycles. The number of aromatic nitrogens is 2. The fourth-order valence-corrected chi connectivity index (χ4v) is 4.19. The zero-order chi connectivity index (χ0) is 25.7. The van der Waals surface area contributed by atoms with Crippen LogP contribution in [-0.2, 0) is 14.3 Å². The number of rotatable bonds is 7. The van der Waals surface area contributed by atoms with Crippen LogP contribution in [0.15, 0.2) is 53.3 Å². The van der Waals surface area contributed by atoms with Gasteiger partial charge in [0.1, 0.15) is 11.5 Å². The molecule has 1 aromatic heterocycles. The van der Waals surface area contributed by atoms with Crippen molar-refractivity contribution in [2.75, 3.05) is 26.3 Å². The number of H-pyrrole nitrogens is 1. The number of nitrogens with zero attached hydrogens (tertiary/aromatic N) is 2. The minimum absolute atomic E-state index is 0.131. The summed E-state index contributed by atoms with van der Waals surface area (Å²) >= 11 is 0. The van der Waals surface area contributed by atoms with Crippen molar-refractivity contribution in [1.29, 1.82) is 0 Å². The van der Waals surface area contributed by atoms with E-state index in [-0.39, 0.29) is 30.2 Å². The lowest BCUT2D eigenvalue weighted by Gasteiger charge is -2.30. The van der Waals surface area contributed by atoms with Gasteiger partial charge in [-0.05, 0) is 74.2 Å². The maximum atomic E-state index is 12.6. The van der Waals surface area contributed by atoms with E-state index in [2.05, 4.69) is 9.97 Å². The van der Waals surface area contributed by atoms with E-state index in [1.54, 1.807) is 61.2 Å². The number of amides is 1. The topological polar surface area (TPSA) is 122 Å². The van der Waals surface area contributed by atoms with Crippen molar-refractivity contribution < 1.29 is 24.2 Å². The van der Waals surface area contributed by atoms with Crippen LogP contribution < -0.4 is 10.4 Å². The van der Waals surface area contributed by atoms with Crippen molar-refractivity contribution in [2.45, 2.75) is 26.7 Å². The lowest BCUT2D eigenvalue weighted by atomic mass is 9.97. The normalized spacial score (nSPS) is 13.9. The number of phenols is 1. The third-order valence-electron chi connectivity index (χ3n) is 6.21. The number of phenolic OH excluding ortho intramolecular Hbond substituents is 1. The van der Waals surface area contributed by atoms with Gasteiger partial charge in [-0.3, -0.25) is 9.59 Å². The van der Waals surface area contributed by atoms with Crippen LogP contribution in [0.4, 0.5) is 0 Å². The van der Waals surface area contributed by atoms with Crippen molar-refractivity contribution in [2.24, 2.45) is 5.92 Å². The summed E-state index contributed by atoms with van der Waals surface area (Å²) in [6.07, 6.45) is 1.16. The SMILES string of the molecule is CCOC(=O)C1CCN(C(=O)COc2cccc(-c3cc(-c4ccc(O)c(C)c4)[nH]c(=O)n3)c2)CC1. The summed E-state index contributed by atoms with van der Waals surface area (Å²) in [5.74, 6) is 0.143. The predicted octanol–water partition coefficient (Wildman–Crippen LogP) is 3.30. The molecular formula is C27H29N3O6. The first-order chi connectivity index (χ1) is 17.3. The number of carbonyl (C=O) groups is 2. The van der Waals surface area contributed by atoms with Gasteiger partial charge in [0, 0.05) is 18.7 Å². The molecule has 4 rings (SSSR count).